The van der Waals surface area contributed by atoms with Gasteiger partial charge in [0.25, 0.3) is 5.56 Å². The second-order valence-corrected chi connectivity index (χ2v) is 8.82. The normalized spacial score (nSPS) is 15.8. The lowest BCUT2D eigenvalue weighted by atomic mass is 9.92. The summed E-state index contributed by atoms with van der Waals surface area (Å²) in [6.07, 6.45) is 2.18. The number of fused-ring (bicyclic) bond motifs is 1. The van der Waals surface area contributed by atoms with Gasteiger partial charge in [0, 0.05) is 37.2 Å². The maximum absolute atomic E-state index is 14.2. The van der Waals surface area contributed by atoms with Crippen LogP contribution in [0.25, 0.3) is 10.9 Å². The summed E-state index contributed by atoms with van der Waals surface area (Å²) in [5.74, 6) is -2.54. The number of aromatic nitrogens is 2. The number of benzene rings is 2. The van der Waals surface area contributed by atoms with E-state index < -0.39 is 5.92 Å². The van der Waals surface area contributed by atoms with Crippen molar-refractivity contribution in [3.05, 3.63) is 64.5 Å². The molecule has 0 radical (unpaired) electrons. The number of nitrogens with zero attached hydrogens (tertiary/aromatic N) is 2. The monoisotopic (exact) mass is 490 g/mol. The molecule has 0 unspecified atom stereocenters. The van der Waals surface area contributed by atoms with Gasteiger partial charge in [0.1, 0.15) is 11.6 Å². The molecule has 6 nitrogen and oxygen atoms in total. The minimum absolute atomic E-state index is 0.0963. The molecular weight excluding hydrogens is 465 g/mol. The van der Waals surface area contributed by atoms with Gasteiger partial charge in [-0.1, -0.05) is 6.07 Å². The Hall–Kier alpha value is -3.14. The van der Waals surface area contributed by atoms with E-state index >= 15 is 0 Å². The van der Waals surface area contributed by atoms with Gasteiger partial charge >= 0.3 is 0 Å². The van der Waals surface area contributed by atoms with Crippen molar-refractivity contribution in [1.29, 1.82) is 0 Å². The van der Waals surface area contributed by atoms with Gasteiger partial charge in [-0.15, -0.1) is 0 Å². The minimum atomic E-state index is -2.59. The molecule has 0 spiro atoms. The van der Waals surface area contributed by atoms with E-state index in [0.29, 0.717) is 52.3 Å². The average molecular weight is 491 g/mol. The standard InChI is InChI=1S/C24H25F3N4O2S/c1-33-18-4-2-15(20(25)13-18)8-11-31-14-28-21-12-17(3-5-19(21)22(31)32)30-23(34)29-16-6-9-24(26,27)10-7-16/h2-5,12-14,16H,6-11H2,1H3,(H2,29,30,34). The third kappa shape index (κ3) is 5.67. The van der Waals surface area contributed by atoms with E-state index in [1.165, 1.54) is 24.1 Å². The quantitative estimate of drug-likeness (QED) is 0.491. The van der Waals surface area contributed by atoms with Gasteiger partial charge in [-0.3, -0.25) is 9.36 Å². The number of hydrogen-bond donors (Lipinski definition) is 2. The number of nitrogens with one attached hydrogen (secondary N) is 2. The summed E-state index contributed by atoms with van der Waals surface area (Å²) in [5, 5.41) is 6.88. The Balaban J connectivity index is 1.40. The van der Waals surface area contributed by atoms with Gasteiger partial charge in [0.2, 0.25) is 5.92 Å². The molecule has 10 heteroatoms. The Morgan fingerprint density at radius 2 is 2.00 bits per heavy atom. The smallest absolute Gasteiger partial charge is 0.261 e. The predicted molar refractivity (Wildman–Crippen MR) is 129 cm³/mol. The fourth-order valence-corrected chi connectivity index (χ4v) is 4.32. The first kappa shape index (κ1) is 24.0. The molecule has 0 aliphatic heterocycles. The number of ether oxygens (including phenoxy) is 1. The fourth-order valence-electron chi connectivity index (χ4n) is 4.03. The first-order valence-corrected chi connectivity index (χ1v) is 11.4. The van der Waals surface area contributed by atoms with Crippen molar-refractivity contribution in [3.8, 4) is 5.75 Å². The third-order valence-corrected chi connectivity index (χ3v) is 6.24. The molecule has 0 amide bonds. The van der Waals surface area contributed by atoms with E-state index in [0.717, 1.165) is 0 Å². The molecule has 3 aromatic rings. The predicted octanol–water partition coefficient (Wildman–Crippen LogP) is 4.65. The van der Waals surface area contributed by atoms with Crippen molar-refractivity contribution >= 4 is 33.9 Å². The summed E-state index contributed by atoms with van der Waals surface area (Å²) in [7, 11) is 1.47. The van der Waals surface area contributed by atoms with Crippen LogP contribution in [0, 0.1) is 5.82 Å². The number of halogens is 3. The van der Waals surface area contributed by atoms with Crippen LogP contribution in [0.2, 0.25) is 0 Å². The maximum atomic E-state index is 14.2. The van der Waals surface area contributed by atoms with Gasteiger partial charge in [0.05, 0.1) is 24.3 Å². The number of aryl methyl sites for hydroxylation is 2. The Kier molecular flexibility index (Phi) is 7.06. The van der Waals surface area contributed by atoms with Crippen LogP contribution < -0.4 is 20.9 Å². The summed E-state index contributed by atoms with van der Waals surface area (Å²) >= 11 is 5.32. The first-order chi connectivity index (χ1) is 16.2. The summed E-state index contributed by atoms with van der Waals surface area (Å²) in [6, 6.07) is 9.60. The zero-order chi connectivity index (χ0) is 24.3. The van der Waals surface area contributed by atoms with Gasteiger partial charge in [0.15, 0.2) is 5.11 Å². The molecular formula is C24H25F3N4O2S. The van der Waals surface area contributed by atoms with Gasteiger partial charge in [-0.05, 0) is 61.3 Å². The molecule has 0 saturated heterocycles. The summed E-state index contributed by atoms with van der Waals surface area (Å²) in [4.78, 5) is 17.2. The number of methoxy groups -OCH3 is 1. The van der Waals surface area contributed by atoms with Gasteiger partial charge in [-0.25, -0.2) is 18.2 Å². The van der Waals surface area contributed by atoms with Crippen molar-refractivity contribution < 1.29 is 17.9 Å². The lowest BCUT2D eigenvalue weighted by Gasteiger charge is -2.29. The van der Waals surface area contributed by atoms with E-state index in [2.05, 4.69) is 15.6 Å². The average Bonchev–Trinajstić information content (AvgIpc) is 2.80. The minimum Gasteiger partial charge on any atom is -0.497 e. The zero-order valence-electron chi connectivity index (χ0n) is 18.6. The highest BCUT2D eigenvalue weighted by atomic mass is 32.1. The molecule has 2 aromatic carbocycles. The van der Waals surface area contributed by atoms with Crippen molar-refractivity contribution in [1.82, 2.24) is 14.9 Å². The van der Waals surface area contributed by atoms with E-state index in [1.54, 1.807) is 30.3 Å². The Bertz CT molecular complexity index is 1250. The zero-order valence-corrected chi connectivity index (χ0v) is 19.4. The Morgan fingerprint density at radius 1 is 1.24 bits per heavy atom. The van der Waals surface area contributed by atoms with Crippen LogP contribution in [0.5, 0.6) is 5.75 Å². The van der Waals surface area contributed by atoms with E-state index in [-0.39, 0.29) is 36.8 Å². The molecule has 0 atom stereocenters. The Morgan fingerprint density at radius 3 is 2.71 bits per heavy atom. The molecule has 2 N–H and O–H groups in total. The van der Waals surface area contributed by atoms with E-state index in [9.17, 15) is 18.0 Å². The number of alkyl halides is 2. The van der Waals surface area contributed by atoms with E-state index in [1.807, 2.05) is 0 Å². The van der Waals surface area contributed by atoms with Gasteiger partial charge in [-0.2, -0.15) is 0 Å². The highest BCUT2D eigenvalue weighted by molar-refractivity contribution is 7.80. The highest BCUT2D eigenvalue weighted by Gasteiger charge is 2.35. The lowest BCUT2D eigenvalue weighted by molar-refractivity contribution is -0.0389. The molecule has 180 valence electrons. The highest BCUT2D eigenvalue weighted by Crippen LogP contribution is 2.33. The molecule has 1 aliphatic carbocycles. The number of rotatable bonds is 6. The fraction of sp³-hybridized carbons (Fsp3) is 0.375. The lowest BCUT2D eigenvalue weighted by Crippen LogP contribution is -2.42. The number of hydrogen-bond acceptors (Lipinski definition) is 4. The molecule has 1 aromatic heterocycles. The number of anilines is 1. The van der Waals surface area contributed by atoms with Gasteiger partial charge < -0.3 is 15.4 Å². The molecule has 1 fully saturated rings. The molecule has 4 rings (SSSR count). The van der Waals surface area contributed by atoms with Crippen LogP contribution in [0.1, 0.15) is 31.2 Å². The van der Waals surface area contributed by atoms with Crippen molar-refractivity contribution in [2.24, 2.45) is 0 Å². The first-order valence-electron chi connectivity index (χ1n) is 11.0. The summed E-state index contributed by atoms with van der Waals surface area (Å²) in [5.41, 5.74) is 1.38. The molecule has 1 saturated carbocycles. The molecule has 1 aliphatic rings. The van der Waals surface area contributed by atoms with Crippen LogP contribution in [-0.2, 0) is 13.0 Å². The number of thiocarbonyl (C=S) groups is 1. The van der Waals surface area contributed by atoms with E-state index in [4.69, 9.17) is 17.0 Å². The maximum Gasteiger partial charge on any atom is 0.261 e. The van der Waals surface area contributed by atoms with Crippen molar-refractivity contribution in [2.45, 2.75) is 50.6 Å². The second-order valence-electron chi connectivity index (χ2n) is 8.41. The topological polar surface area (TPSA) is 68.2 Å². The van der Waals surface area contributed by atoms with Crippen LogP contribution in [-0.4, -0.2) is 33.7 Å². The SMILES string of the molecule is COc1ccc(CCn2cnc3cc(NC(=S)NC4CCC(F)(F)CC4)ccc3c2=O)c(F)c1. The van der Waals surface area contributed by atoms with Crippen LogP contribution in [0.3, 0.4) is 0 Å². The molecule has 1 heterocycles. The van der Waals surface area contributed by atoms with Crippen LogP contribution in [0.4, 0.5) is 18.9 Å². The summed E-state index contributed by atoms with van der Waals surface area (Å²) in [6.45, 7) is 0.277. The summed E-state index contributed by atoms with van der Waals surface area (Å²) < 4.78 is 47.3. The molecule has 34 heavy (non-hydrogen) atoms. The Labute approximate surface area is 200 Å². The van der Waals surface area contributed by atoms with Crippen LogP contribution >= 0.6 is 12.2 Å². The molecule has 0 bridgehead atoms. The van der Waals surface area contributed by atoms with Crippen LogP contribution in [0.15, 0.2) is 47.5 Å². The second kappa shape index (κ2) is 10.0. The van der Waals surface area contributed by atoms with Crippen molar-refractivity contribution in [3.63, 3.8) is 0 Å². The third-order valence-electron chi connectivity index (χ3n) is 6.02. The van der Waals surface area contributed by atoms with Crippen molar-refractivity contribution in [2.75, 3.05) is 12.4 Å². The largest absolute Gasteiger partial charge is 0.497 e.